The van der Waals surface area contributed by atoms with Gasteiger partial charge in [-0.1, -0.05) is 23.7 Å². The van der Waals surface area contributed by atoms with Crippen molar-refractivity contribution in [3.8, 4) is 28.3 Å². The van der Waals surface area contributed by atoms with E-state index in [0.717, 1.165) is 22.4 Å². The monoisotopic (exact) mass is 444 g/mol. The summed E-state index contributed by atoms with van der Waals surface area (Å²) < 4.78 is 5.23. The number of aromatic nitrogens is 2. The fraction of sp³-hybridized carbons (Fsp3) is 0.0417. The van der Waals surface area contributed by atoms with Crippen molar-refractivity contribution in [1.29, 1.82) is 0 Å². The van der Waals surface area contributed by atoms with E-state index in [1.807, 2.05) is 42.5 Å². The van der Waals surface area contributed by atoms with Crippen LogP contribution in [0.5, 0.6) is 5.75 Å². The molecule has 3 aromatic carbocycles. The molecule has 7 nitrogen and oxygen atoms in total. The van der Waals surface area contributed by atoms with Crippen molar-refractivity contribution in [2.24, 2.45) is 4.99 Å². The molecule has 4 aromatic rings. The Hall–Kier alpha value is -4.10. The maximum Gasteiger partial charge on any atom is 0.269 e. The molecule has 0 saturated carbocycles. The van der Waals surface area contributed by atoms with Gasteiger partial charge in [0.1, 0.15) is 5.75 Å². The van der Waals surface area contributed by atoms with E-state index in [9.17, 15) is 10.1 Å². The van der Waals surface area contributed by atoms with Gasteiger partial charge in [0, 0.05) is 34.5 Å². The van der Waals surface area contributed by atoms with Gasteiger partial charge in [0.25, 0.3) is 5.69 Å². The molecule has 0 bridgehead atoms. The molecule has 0 amide bonds. The van der Waals surface area contributed by atoms with Gasteiger partial charge in [0.05, 0.1) is 23.4 Å². The van der Waals surface area contributed by atoms with E-state index in [4.69, 9.17) is 16.3 Å². The second kappa shape index (κ2) is 9.36. The molecule has 0 aliphatic carbocycles. The Labute approximate surface area is 189 Å². The Morgan fingerprint density at radius 3 is 2.00 bits per heavy atom. The molecule has 8 heteroatoms. The number of benzene rings is 3. The summed E-state index contributed by atoms with van der Waals surface area (Å²) in [6, 6.07) is 22.8. The first-order chi connectivity index (χ1) is 15.5. The third kappa shape index (κ3) is 4.96. The van der Waals surface area contributed by atoms with Crippen molar-refractivity contribution < 1.29 is 9.66 Å². The van der Waals surface area contributed by atoms with E-state index < -0.39 is 4.92 Å². The molecule has 0 aliphatic heterocycles. The number of hydrogen-bond donors (Lipinski definition) is 0. The van der Waals surface area contributed by atoms with E-state index in [2.05, 4.69) is 15.0 Å². The van der Waals surface area contributed by atoms with Gasteiger partial charge in [-0.3, -0.25) is 10.1 Å². The molecule has 32 heavy (non-hydrogen) atoms. The van der Waals surface area contributed by atoms with Crippen molar-refractivity contribution in [2.45, 2.75) is 0 Å². The van der Waals surface area contributed by atoms with Crippen LogP contribution in [0.25, 0.3) is 22.5 Å². The maximum absolute atomic E-state index is 11.0. The zero-order valence-corrected chi connectivity index (χ0v) is 17.7. The van der Waals surface area contributed by atoms with Crippen molar-refractivity contribution in [3.05, 3.63) is 99.6 Å². The predicted octanol–water partition coefficient (Wildman–Crippen LogP) is 6.13. The average molecular weight is 445 g/mol. The molecule has 0 N–H and O–H groups in total. The highest BCUT2D eigenvalue weighted by atomic mass is 35.5. The Balaban J connectivity index is 1.76. The minimum Gasteiger partial charge on any atom is -0.497 e. The normalized spacial score (nSPS) is 10.9. The van der Waals surface area contributed by atoms with Gasteiger partial charge in [-0.2, -0.15) is 0 Å². The van der Waals surface area contributed by atoms with Crippen LogP contribution in [0.15, 0.2) is 83.9 Å². The molecule has 4 rings (SSSR count). The lowest BCUT2D eigenvalue weighted by molar-refractivity contribution is -0.384. The molecule has 0 fully saturated rings. The summed E-state index contributed by atoms with van der Waals surface area (Å²) in [6.45, 7) is 0. The van der Waals surface area contributed by atoms with Gasteiger partial charge in [0.15, 0.2) is 0 Å². The fourth-order valence-electron chi connectivity index (χ4n) is 2.98. The summed E-state index contributed by atoms with van der Waals surface area (Å²) in [7, 11) is 1.61. The van der Waals surface area contributed by atoms with Gasteiger partial charge < -0.3 is 4.74 Å². The predicted molar refractivity (Wildman–Crippen MR) is 125 cm³/mol. The summed E-state index contributed by atoms with van der Waals surface area (Å²) in [5.74, 6) is 1.00. The summed E-state index contributed by atoms with van der Waals surface area (Å²) in [6.07, 6.45) is 1.66. The highest BCUT2D eigenvalue weighted by molar-refractivity contribution is 6.30. The highest BCUT2D eigenvalue weighted by Crippen LogP contribution is 2.28. The standard InChI is InChI=1S/C24H17ClN4O3/c1-32-21-12-6-18(7-13-21)23-14-22(17-4-10-20(11-5-17)29(30)31)27-24(28-23)26-15-16-2-8-19(25)9-3-16/h2-15H,1H3/b26-15+. The molecule has 0 aliphatic rings. The third-order valence-corrected chi connectivity index (χ3v) is 4.93. The second-order valence-electron chi connectivity index (χ2n) is 6.78. The first kappa shape index (κ1) is 21.1. The quantitative estimate of drug-likeness (QED) is 0.202. The van der Waals surface area contributed by atoms with Crippen molar-refractivity contribution in [2.75, 3.05) is 7.11 Å². The Bertz CT molecular complexity index is 1270. The third-order valence-electron chi connectivity index (χ3n) is 4.67. The molecule has 1 aromatic heterocycles. The molecular formula is C24H17ClN4O3. The smallest absolute Gasteiger partial charge is 0.269 e. The van der Waals surface area contributed by atoms with Crippen LogP contribution in [0.1, 0.15) is 5.56 Å². The van der Waals surface area contributed by atoms with E-state index in [0.29, 0.717) is 16.4 Å². The molecule has 0 saturated heterocycles. The largest absolute Gasteiger partial charge is 0.497 e. The van der Waals surface area contributed by atoms with Crippen molar-refractivity contribution >= 4 is 29.5 Å². The maximum atomic E-state index is 11.0. The van der Waals surface area contributed by atoms with E-state index in [-0.39, 0.29) is 11.6 Å². The van der Waals surface area contributed by atoms with Crippen LogP contribution in [0, 0.1) is 10.1 Å². The number of nitro benzene ring substituents is 1. The number of nitro groups is 1. The molecule has 0 atom stereocenters. The van der Waals surface area contributed by atoms with Gasteiger partial charge in [0.2, 0.25) is 5.95 Å². The fourth-order valence-corrected chi connectivity index (χ4v) is 3.11. The summed E-state index contributed by atoms with van der Waals surface area (Å²) >= 11 is 5.94. The zero-order valence-electron chi connectivity index (χ0n) is 17.0. The number of ether oxygens (including phenoxy) is 1. The van der Waals surface area contributed by atoms with Crippen LogP contribution in [0.4, 0.5) is 11.6 Å². The van der Waals surface area contributed by atoms with Crippen LogP contribution < -0.4 is 4.74 Å². The minimum absolute atomic E-state index is 0.0131. The minimum atomic E-state index is -0.436. The van der Waals surface area contributed by atoms with E-state index in [1.54, 1.807) is 37.6 Å². The molecule has 0 spiro atoms. The van der Waals surface area contributed by atoms with Crippen molar-refractivity contribution in [3.63, 3.8) is 0 Å². The number of aliphatic imine (C=N–C) groups is 1. The SMILES string of the molecule is COc1ccc(-c2cc(-c3ccc([N+](=O)[O-])cc3)nc(/N=C/c3ccc(Cl)cc3)n2)cc1. The number of rotatable bonds is 6. The van der Waals surface area contributed by atoms with Crippen molar-refractivity contribution in [1.82, 2.24) is 9.97 Å². The number of hydrogen-bond acceptors (Lipinski definition) is 6. The topological polar surface area (TPSA) is 90.5 Å². The zero-order chi connectivity index (χ0) is 22.5. The first-order valence-corrected chi connectivity index (χ1v) is 9.97. The number of methoxy groups -OCH3 is 1. The first-order valence-electron chi connectivity index (χ1n) is 9.60. The summed E-state index contributed by atoms with van der Waals surface area (Å²) in [5.41, 5.74) is 3.71. The lowest BCUT2D eigenvalue weighted by atomic mass is 10.1. The van der Waals surface area contributed by atoms with Crippen LogP contribution in [0.2, 0.25) is 5.02 Å². The van der Waals surface area contributed by atoms with Crippen LogP contribution in [-0.2, 0) is 0 Å². The lowest BCUT2D eigenvalue weighted by Crippen LogP contribution is -1.93. The van der Waals surface area contributed by atoms with Gasteiger partial charge in [-0.25, -0.2) is 15.0 Å². The molecule has 0 radical (unpaired) electrons. The number of halogens is 1. The summed E-state index contributed by atoms with van der Waals surface area (Å²) in [4.78, 5) is 24.1. The van der Waals surface area contributed by atoms with Gasteiger partial charge in [-0.15, -0.1) is 0 Å². The average Bonchev–Trinajstić information content (AvgIpc) is 2.83. The van der Waals surface area contributed by atoms with Gasteiger partial charge >= 0.3 is 0 Å². The Morgan fingerprint density at radius 1 is 0.906 bits per heavy atom. The van der Waals surface area contributed by atoms with Crippen LogP contribution in [0.3, 0.4) is 0 Å². The molecule has 158 valence electrons. The molecule has 1 heterocycles. The Kier molecular flexibility index (Phi) is 6.19. The lowest BCUT2D eigenvalue weighted by Gasteiger charge is -2.07. The van der Waals surface area contributed by atoms with Crippen LogP contribution in [-0.4, -0.2) is 28.2 Å². The van der Waals surface area contributed by atoms with E-state index >= 15 is 0 Å². The second-order valence-corrected chi connectivity index (χ2v) is 7.22. The summed E-state index contributed by atoms with van der Waals surface area (Å²) in [5, 5.41) is 11.6. The van der Waals surface area contributed by atoms with Gasteiger partial charge in [-0.05, 0) is 60.2 Å². The molecule has 0 unspecified atom stereocenters. The number of non-ortho nitro benzene ring substituents is 1. The molecular weight excluding hydrogens is 428 g/mol. The Morgan fingerprint density at radius 2 is 1.47 bits per heavy atom. The van der Waals surface area contributed by atoms with Crippen LogP contribution >= 0.6 is 11.6 Å². The number of nitrogens with zero attached hydrogens (tertiary/aromatic N) is 4. The highest BCUT2D eigenvalue weighted by Gasteiger charge is 2.11. The van der Waals surface area contributed by atoms with E-state index in [1.165, 1.54) is 12.1 Å².